The second kappa shape index (κ2) is 6.01. The van der Waals surface area contributed by atoms with E-state index in [0.717, 1.165) is 11.4 Å². The first-order valence-corrected chi connectivity index (χ1v) is 7.11. The van der Waals surface area contributed by atoms with E-state index in [9.17, 15) is 9.59 Å². The monoisotopic (exact) mass is 283 g/mol. The summed E-state index contributed by atoms with van der Waals surface area (Å²) >= 11 is 1.50. The van der Waals surface area contributed by atoms with E-state index >= 15 is 0 Å². The molecule has 7 heteroatoms. The summed E-state index contributed by atoms with van der Waals surface area (Å²) in [5.74, 6) is -0.734. The van der Waals surface area contributed by atoms with Crippen molar-refractivity contribution in [2.24, 2.45) is 5.92 Å². The van der Waals surface area contributed by atoms with Gasteiger partial charge >= 0.3 is 12.0 Å². The molecule has 2 amide bonds. The van der Waals surface area contributed by atoms with Gasteiger partial charge in [-0.1, -0.05) is 0 Å². The van der Waals surface area contributed by atoms with Crippen LogP contribution in [0.1, 0.15) is 30.8 Å². The molecule has 0 radical (unpaired) electrons. The summed E-state index contributed by atoms with van der Waals surface area (Å²) in [4.78, 5) is 28.5. The van der Waals surface area contributed by atoms with Gasteiger partial charge < -0.3 is 15.3 Å². The number of likely N-dealkylation sites (tertiary alicyclic amines) is 1. The van der Waals surface area contributed by atoms with Crippen LogP contribution >= 0.6 is 11.3 Å². The van der Waals surface area contributed by atoms with Crippen molar-refractivity contribution in [1.29, 1.82) is 0 Å². The van der Waals surface area contributed by atoms with Crippen LogP contribution in [0.3, 0.4) is 0 Å². The first-order valence-electron chi connectivity index (χ1n) is 6.23. The third-order valence-electron chi connectivity index (χ3n) is 3.20. The molecule has 0 aliphatic carbocycles. The Kier molecular flexibility index (Phi) is 4.36. The van der Waals surface area contributed by atoms with Crippen LogP contribution in [-0.4, -0.2) is 40.1 Å². The molecule has 1 fully saturated rings. The summed E-state index contributed by atoms with van der Waals surface area (Å²) in [6, 6.07) is -0.262. The number of hydrogen-bond donors (Lipinski definition) is 2. The second-order valence-electron chi connectivity index (χ2n) is 4.74. The molecule has 19 heavy (non-hydrogen) atoms. The lowest BCUT2D eigenvalue weighted by atomic mass is 10.1. The Hall–Kier alpha value is -1.63. The lowest BCUT2D eigenvalue weighted by Crippen LogP contribution is -2.39. The van der Waals surface area contributed by atoms with E-state index < -0.39 is 5.97 Å². The first-order chi connectivity index (χ1) is 9.06. The van der Waals surface area contributed by atoms with Crippen molar-refractivity contribution >= 4 is 23.3 Å². The fraction of sp³-hybridized carbons (Fsp3) is 0.583. The van der Waals surface area contributed by atoms with E-state index in [4.69, 9.17) is 5.11 Å². The van der Waals surface area contributed by atoms with Crippen LogP contribution in [0.15, 0.2) is 11.6 Å². The lowest BCUT2D eigenvalue weighted by Gasteiger charge is -2.19. The van der Waals surface area contributed by atoms with Gasteiger partial charge in [-0.15, -0.1) is 11.3 Å². The fourth-order valence-electron chi connectivity index (χ4n) is 2.22. The molecular weight excluding hydrogens is 266 g/mol. The summed E-state index contributed by atoms with van der Waals surface area (Å²) in [6.45, 7) is 3.03. The fourth-order valence-corrected chi connectivity index (χ4v) is 2.86. The number of amides is 2. The molecule has 0 saturated carbocycles. The van der Waals surface area contributed by atoms with Gasteiger partial charge in [-0.3, -0.25) is 4.79 Å². The Balaban J connectivity index is 1.83. The number of carbonyl (C=O) groups excluding carboxylic acids is 1. The smallest absolute Gasteiger partial charge is 0.317 e. The number of carbonyl (C=O) groups is 2. The highest BCUT2D eigenvalue weighted by atomic mass is 32.1. The molecule has 2 rings (SSSR count). The van der Waals surface area contributed by atoms with E-state index in [-0.39, 0.29) is 24.4 Å². The maximum atomic E-state index is 12.0. The zero-order chi connectivity index (χ0) is 13.8. The molecule has 2 heterocycles. The predicted molar refractivity (Wildman–Crippen MR) is 71.0 cm³/mol. The number of aromatic nitrogens is 1. The van der Waals surface area contributed by atoms with Gasteiger partial charge in [0.2, 0.25) is 0 Å². The second-order valence-corrected chi connectivity index (χ2v) is 5.67. The molecule has 0 bridgehead atoms. The van der Waals surface area contributed by atoms with Crippen molar-refractivity contribution in [3.8, 4) is 0 Å². The van der Waals surface area contributed by atoms with Crippen molar-refractivity contribution in [3.05, 3.63) is 16.6 Å². The highest BCUT2D eigenvalue weighted by Gasteiger charge is 2.28. The van der Waals surface area contributed by atoms with Gasteiger partial charge in [0.25, 0.3) is 0 Å². The van der Waals surface area contributed by atoms with E-state index in [2.05, 4.69) is 10.3 Å². The number of hydrogen-bond acceptors (Lipinski definition) is 4. The van der Waals surface area contributed by atoms with Crippen LogP contribution in [0.5, 0.6) is 0 Å². The van der Waals surface area contributed by atoms with Crippen molar-refractivity contribution in [2.45, 2.75) is 25.8 Å². The van der Waals surface area contributed by atoms with Crippen molar-refractivity contribution in [1.82, 2.24) is 15.2 Å². The number of nitrogens with one attached hydrogen (secondary N) is 1. The number of urea groups is 1. The number of aliphatic carboxylic acids is 1. The summed E-state index contributed by atoms with van der Waals surface area (Å²) in [5, 5.41) is 14.4. The zero-order valence-corrected chi connectivity index (χ0v) is 11.5. The van der Waals surface area contributed by atoms with Crippen LogP contribution < -0.4 is 5.32 Å². The van der Waals surface area contributed by atoms with Gasteiger partial charge in [0.05, 0.1) is 6.04 Å². The molecule has 1 aromatic rings. The normalized spacial score (nSPS) is 20.3. The van der Waals surface area contributed by atoms with Crippen molar-refractivity contribution in [2.75, 3.05) is 13.1 Å². The minimum absolute atomic E-state index is 0.0680. The minimum atomic E-state index is -0.802. The van der Waals surface area contributed by atoms with Gasteiger partial charge in [-0.25, -0.2) is 9.78 Å². The molecule has 2 unspecified atom stereocenters. The summed E-state index contributed by atoms with van der Waals surface area (Å²) < 4.78 is 0. The molecule has 2 atom stereocenters. The summed E-state index contributed by atoms with van der Waals surface area (Å²) in [7, 11) is 0. The molecule has 0 aromatic carbocycles. The standard InChI is InChI=1S/C12H17N3O3S/c1-8(11-13-3-5-19-11)14-12(18)15-4-2-9(7-15)6-10(16)17/h3,5,8-9H,2,4,6-7H2,1H3,(H,14,18)(H,16,17). The van der Waals surface area contributed by atoms with E-state index in [0.29, 0.717) is 13.1 Å². The zero-order valence-electron chi connectivity index (χ0n) is 10.7. The topological polar surface area (TPSA) is 82.5 Å². The van der Waals surface area contributed by atoms with Gasteiger partial charge in [0.1, 0.15) is 5.01 Å². The third-order valence-corrected chi connectivity index (χ3v) is 4.16. The maximum absolute atomic E-state index is 12.0. The highest BCUT2D eigenvalue weighted by molar-refractivity contribution is 7.09. The highest BCUT2D eigenvalue weighted by Crippen LogP contribution is 2.21. The van der Waals surface area contributed by atoms with E-state index in [1.807, 2.05) is 12.3 Å². The lowest BCUT2D eigenvalue weighted by molar-refractivity contribution is -0.138. The SMILES string of the molecule is CC(NC(=O)N1CCC(CC(=O)O)C1)c1nccs1. The van der Waals surface area contributed by atoms with Gasteiger partial charge in [0, 0.05) is 31.1 Å². The molecule has 1 aromatic heterocycles. The minimum Gasteiger partial charge on any atom is -0.481 e. The van der Waals surface area contributed by atoms with Crippen LogP contribution in [0.2, 0.25) is 0 Å². The average Bonchev–Trinajstić information content (AvgIpc) is 2.97. The van der Waals surface area contributed by atoms with Crippen molar-refractivity contribution < 1.29 is 14.7 Å². The molecule has 104 valence electrons. The Morgan fingerprint density at radius 2 is 2.47 bits per heavy atom. The molecule has 0 spiro atoms. The van der Waals surface area contributed by atoms with Gasteiger partial charge in [-0.2, -0.15) is 0 Å². The van der Waals surface area contributed by atoms with E-state index in [1.165, 1.54) is 11.3 Å². The van der Waals surface area contributed by atoms with Crippen LogP contribution in [0.4, 0.5) is 4.79 Å². The maximum Gasteiger partial charge on any atom is 0.317 e. The Labute approximate surface area is 115 Å². The van der Waals surface area contributed by atoms with Crippen LogP contribution in [-0.2, 0) is 4.79 Å². The molecule has 2 N–H and O–H groups in total. The molecule has 1 aliphatic heterocycles. The Morgan fingerprint density at radius 1 is 1.68 bits per heavy atom. The molecule has 1 saturated heterocycles. The largest absolute Gasteiger partial charge is 0.481 e. The Bertz CT molecular complexity index is 449. The number of carboxylic acid groups (broad SMARTS) is 1. The number of rotatable bonds is 4. The predicted octanol–water partition coefficient (Wildman–Crippen LogP) is 1.71. The van der Waals surface area contributed by atoms with Gasteiger partial charge in [-0.05, 0) is 19.3 Å². The van der Waals surface area contributed by atoms with Crippen LogP contribution in [0, 0.1) is 5.92 Å². The number of nitrogens with zero attached hydrogens (tertiary/aromatic N) is 2. The Morgan fingerprint density at radius 3 is 3.11 bits per heavy atom. The molecule has 6 nitrogen and oxygen atoms in total. The quantitative estimate of drug-likeness (QED) is 0.881. The third kappa shape index (κ3) is 3.66. The van der Waals surface area contributed by atoms with Crippen molar-refractivity contribution in [3.63, 3.8) is 0 Å². The van der Waals surface area contributed by atoms with Gasteiger partial charge in [0.15, 0.2) is 0 Å². The molecular formula is C12H17N3O3S. The molecule has 1 aliphatic rings. The summed E-state index contributed by atoms with van der Waals surface area (Å²) in [6.07, 6.45) is 2.60. The summed E-state index contributed by atoms with van der Waals surface area (Å²) in [5.41, 5.74) is 0. The van der Waals surface area contributed by atoms with Crippen LogP contribution in [0.25, 0.3) is 0 Å². The number of thiazole rings is 1. The number of carboxylic acids is 1. The first kappa shape index (κ1) is 13.8. The van der Waals surface area contributed by atoms with E-state index in [1.54, 1.807) is 11.1 Å². The average molecular weight is 283 g/mol.